The third kappa shape index (κ3) is 3.85. The molecule has 0 bridgehead atoms. The van der Waals surface area contributed by atoms with E-state index in [0.717, 1.165) is 29.7 Å². The zero-order valence-corrected chi connectivity index (χ0v) is 18.2. The molecule has 152 valence electrons. The minimum absolute atomic E-state index is 0.100. The molecule has 5 nitrogen and oxygen atoms in total. The number of para-hydroxylation sites is 1. The van der Waals surface area contributed by atoms with Gasteiger partial charge in [0.2, 0.25) is 0 Å². The minimum atomic E-state index is -3.09. The highest BCUT2D eigenvalue weighted by Crippen LogP contribution is 2.43. The quantitative estimate of drug-likeness (QED) is 0.742. The van der Waals surface area contributed by atoms with Gasteiger partial charge in [-0.25, -0.2) is 8.42 Å². The summed E-state index contributed by atoms with van der Waals surface area (Å²) >= 11 is 1.42. The van der Waals surface area contributed by atoms with Crippen molar-refractivity contribution < 1.29 is 13.2 Å². The fraction of sp³-hybridized carbons (Fsp3) is 0.364. The van der Waals surface area contributed by atoms with E-state index >= 15 is 0 Å². The number of hydrogen-bond donors (Lipinski definition) is 0. The van der Waals surface area contributed by atoms with E-state index in [1.807, 2.05) is 29.2 Å². The number of aliphatic imine (C=N–C) groups is 1. The number of carbonyl (C=O) groups is 1. The molecule has 2 aromatic rings. The van der Waals surface area contributed by atoms with Crippen molar-refractivity contribution in [3.63, 3.8) is 0 Å². The molecule has 2 heterocycles. The van der Waals surface area contributed by atoms with Gasteiger partial charge in [0.25, 0.3) is 5.91 Å². The zero-order valence-electron chi connectivity index (χ0n) is 16.5. The molecule has 2 atom stereocenters. The van der Waals surface area contributed by atoms with Crippen LogP contribution in [0.25, 0.3) is 0 Å². The van der Waals surface area contributed by atoms with E-state index in [2.05, 4.69) is 31.0 Å². The highest BCUT2D eigenvalue weighted by Gasteiger charge is 2.50. The summed E-state index contributed by atoms with van der Waals surface area (Å²) in [4.78, 5) is 19.3. The fourth-order valence-corrected chi connectivity index (χ4v) is 7.98. The maximum absolute atomic E-state index is 12.8. The number of carbonyl (C=O) groups excluding carboxylic acids is 1. The Kier molecular flexibility index (Phi) is 5.53. The predicted molar refractivity (Wildman–Crippen MR) is 120 cm³/mol. The number of sulfone groups is 1. The molecule has 2 fully saturated rings. The average molecular weight is 429 g/mol. The van der Waals surface area contributed by atoms with Crippen molar-refractivity contribution in [1.29, 1.82) is 0 Å². The van der Waals surface area contributed by atoms with Crippen LogP contribution in [0, 0.1) is 0 Å². The molecule has 29 heavy (non-hydrogen) atoms. The Hall–Kier alpha value is -2.12. The summed E-state index contributed by atoms with van der Waals surface area (Å²) in [5, 5.41) is 0.510. The lowest BCUT2D eigenvalue weighted by Crippen LogP contribution is -2.39. The summed E-state index contributed by atoms with van der Waals surface area (Å²) in [6, 6.07) is 15.0. The molecule has 0 radical (unpaired) electrons. The molecule has 0 saturated carbocycles. The summed E-state index contributed by atoms with van der Waals surface area (Å²) in [5.41, 5.74) is 3.85. The molecular weight excluding hydrogens is 404 g/mol. The molecule has 0 aliphatic carbocycles. The normalized spacial score (nSPS) is 24.1. The number of benzene rings is 2. The molecule has 2 aliphatic heterocycles. The number of hydrogen-bond acceptors (Lipinski definition) is 4. The van der Waals surface area contributed by atoms with E-state index in [0.29, 0.717) is 10.7 Å². The van der Waals surface area contributed by atoms with Crippen LogP contribution in [0.3, 0.4) is 0 Å². The monoisotopic (exact) mass is 428 g/mol. The van der Waals surface area contributed by atoms with Gasteiger partial charge in [-0.15, -0.1) is 0 Å². The topological polar surface area (TPSA) is 66.8 Å². The third-order valence-electron chi connectivity index (χ3n) is 5.49. The second-order valence-corrected chi connectivity index (χ2v) is 10.7. The molecule has 2 aromatic carbocycles. The molecule has 1 amide bonds. The van der Waals surface area contributed by atoms with Crippen LogP contribution >= 0.6 is 11.8 Å². The van der Waals surface area contributed by atoms with Crippen molar-refractivity contribution in [2.24, 2.45) is 4.99 Å². The van der Waals surface area contributed by atoms with Crippen LogP contribution in [0.1, 0.15) is 35.3 Å². The Balaban J connectivity index is 1.83. The second-order valence-electron chi connectivity index (χ2n) is 7.37. The molecule has 2 saturated heterocycles. The lowest BCUT2D eigenvalue weighted by Gasteiger charge is -2.29. The predicted octanol–water partition coefficient (Wildman–Crippen LogP) is 3.73. The Morgan fingerprint density at radius 1 is 1.03 bits per heavy atom. The maximum atomic E-state index is 12.8. The molecular formula is C22H24N2O3S2. The van der Waals surface area contributed by atoms with Crippen LogP contribution in [0.15, 0.2) is 53.5 Å². The number of anilines is 1. The summed E-state index contributed by atoms with van der Waals surface area (Å²) in [7, 11) is -3.09. The number of nitrogens with zero attached hydrogens (tertiary/aromatic N) is 2. The zero-order chi connectivity index (χ0) is 20.6. The molecule has 0 spiro atoms. The first kappa shape index (κ1) is 20.2. The smallest absolute Gasteiger partial charge is 0.279 e. The van der Waals surface area contributed by atoms with E-state index in [1.54, 1.807) is 12.1 Å². The number of thioether (sulfide) groups is 1. The van der Waals surface area contributed by atoms with Gasteiger partial charge in [-0.2, -0.15) is 4.99 Å². The van der Waals surface area contributed by atoms with Gasteiger partial charge in [-0.1, -0.05) is 62.0 Å². The lowest BCUT2D eigenvalue weighted by atomic mass is 10.0. The minimum Gasteiger partial charge on any atom is -0.315 e. The Labute approximate surface area is 176 Å². The summed E-state index contributed by atoms with van der Waals surface area (Å²) in [5.74, 6) is -0.0645. The van der Waals surface area contributed by atoms with Gasteiger partial charge in [0, 0.05) is 16.5 Å². The fourth-order valence-electron chi connectivity index (χ4n) is 4.08. The third-order valence-corrected chi connectivity index (χ3v) is 8.70. The Morgan fingerprint density at radius 2 is 1.69 bits per heavy atom. The van der Waals surface area contributed by atoms with Gasteiger partial charge in [0.1, 0.15) is 0 Å². The first-order valence-electron chi connectivity index (χ1n) is 9.88. The van der Waals surface area contributed by atoms with Gasteiger partial charge in [0.15, 0.2) is 15.0 Å². The number of fused-ring (bicyclic) bond motifs is 1. The standard InChI is InChI=1S/C22H24N2O3S2/c1-3-15-11-8-12-16(4-2)20(15)24-18-13-29(26,27)14-19(18)28-22(24)23-21(25)17-9-6-5-7-10-17/h5-12,18-19H,3-4,13-14H2,1-2H3. The summed E-state index contributed by atoms with van der Waals surface area (Å²) in [6.07, 6.45) is 1.66. The molecule has 0 N–H and O–H groups in total. The number of amides is 1. The van der Waals surface area contributed by atoms with Gasteiger partial charge in [0.05, 0.1) is 17.5 Å². The van der Waals surface area contributed by atoms with Gasteiger partial charge in [-0.05, 0) is 36.1 Å². The van der Waals surface area contributed by atoms with Crippen molar-refractivity contribution >= 4 is 38.4 Å². The van der Waals surface area contributed by atoms with Crippen molar-refractivity contribution in [2.75, 3.05) is 16.4 Å². The first-order chi connectivity index (χ1) is 13.9. The largest absolute Gasteiger partial charge is 0.315 e. The van der Waals surface area contributed by atoms with Crippen LogP contribution in [0.4, 0.5) is 5.69 Å². The number of aryl methyl sites for hydroxylation is 2. The van der Waals surface area contributed by atoms with Crippen LogP contribution in [0.5, 0.6) is 0 Å². The van der Waals surface area contributed by atoms with Gasteiger partial charge >= 0.3 is 0 Å². The summed E-state index contributed by atoms with van der Waals surface area (Å²) < 4.78 is 24.7. The summed E-state index contributed by atoms with van der Waals surface area (Å²) in [6.45, 7) is 4.19. The van der Waals surface area contributed by atoms with E-state index in [1.165, 1.54) is 11.8 Å². The van der Waals surface area contributed by atoms with Crippen LogP contribution < -0.4 is 4.90 Å². The van der Waals surface area contributed by atoms with Crippen molar-refractivity contribution in [3.05, 3.63) is 65.2 Å². The average Bonchev–Trinajstić information content (AvgIpc) is 3.18. The van der Waals surface area contributed by atoms with Crippen LogP contribution in [0.2, 0.25) is 0 Å². The molecule has 0 aromatic heterocycles. The van der Waals surface area contributed by atoms with E-state index < -0.39 is 9.84 Å². The van der Waals surface area contributed by atoms with Crippen molar-refractivity contribution in [1.82, 2.24) is 0 Å². The Morgan fingerprint density at radius 3 is 2.31 bits per heavy atom. The highest BCUT2D eigenvalue weighted by atomic mass is 32.2. The Bertz CT molecular complexity index is 1040. The molecule has 2 aliphatic rings. The van der Waals surface area contributed by atoms with E-state index in [9.17, 15) is 13.2 Å². The van der Waals surface area contributed by atoms with E-state index in [4.69, 9.17) is 0 Å². The lowest BCUT2D eigenvalue weighted by molar-refractivity contribution is 0.100. The van der Waals surface area contributed by atoms with Crippen LogP contribution in [-0.4, -0.2) is 42.3 Å². The molecule has 7 heteroatoms. The maximum Gasteiger partial charge on any atom is 0.279 e. The SMILES string of the molecule is CCc1cccc(CC)c1N1C(=NC(=O)c2ccccc2)SC2CS(=O)(=O)CC21. The van der Waals surface area contributed by atoms with Gasteiger partial charge in [-0.3, -0.25) is 4.79 Å². The van der Waals surface area contributed by atoms with Crippen molar-refractivity contribution in [3.8, 4) is 0 Å². The number of rotatable bonds is 4. The van der Waals surface area contributed by atoms with Crippen molar-refractivity contribution in [2.45, 2.75) is 38.0 Å². The van der Waals surface area contributed by atoms with Crippen LogP contribution in [-0.2, 0) is 22.7 Å². The second kappa shape index (κ2) is 7.95. The highest BCUT2D eigenvalue weighted by molar-refractivity contribution is 8.16. The van der Waals surface area contributed by atoms with Gasteiger partial charge < -0.3 is 4.90 Å². The molecule has 4 rings (SSSR count). The molecule has 2 unspecified atom stereocenters. The number of amidine groups is 1. The van der Waals surface area contributed by atoms with E-state index in [-0.39, 0.29) is 28.7 Å². The first-order valence-corrected chi connectivity index (χ1v) is 12.6.